The Balaban J connectivity index is 1.45. The van der Waals surface area contributed by atoms with Crippen molar-refractivity contribution in [3.63, 3.8) is 0 Å². The summed E-state index contributed by atoms with van der Waals surface area (Å²) < 4.78 is 73.9. The van der Waals surface area contributed by atoms with Gasteiger partial charge in [0.15, 0.2) is 11.6 Å². The molecule has 1 aromatic heterocycles. The lowest BCUT2D eigenvalue weighted by Crippen LogP contribution is -2.65. The second kappa shape index (κ2) is 9.74. The molecule has 4 heterocycles. The van der Waals surface area contributed by atoms with E-state index in [4.69, 9.17) is 4.74 Å². The van der Waals surface area contributed by atoms with Gasteiger partial charge in [0.25, 0.3) is 16.1 Å². The maximum Gasteiger partial charge on any atom is 0.421 e. The maximum absolute atomic E-state index is 13.3. The van der Waals surface area contributed by atoms with E-state index in [1.54, 1.807) is 17.5 Å². The van der Waals surface area contributed by atoms with Crippen LogP contribution in [0.15, 0.2) is 46.0 Å². The van der Waals surface area contributed by atoms with E-state index in [0.717, 1.165) is 11.3 Å². The van der Waals surface area contributed by atoms with E-state index in [0.29, 0.717) is 25.8 Å². The SMILES string of the molecule is CC(O)(c1ccc(N2CCN(S(=O)(=O)c3cccs3)CC2CN2C3C#[N+]C2(CO)COC3)cc1)C(F)(F)F. The van der Waals surface area contributed by atoms with Gasteiger partial charge in [0.05, 0.1) is 12.6 Å². The highest BCUT2D eigenvalue weighted by Crippen LogP contribution is 2.39. The van der Waals surface area contributed by atoms with Gasteiger partial charge in [0, 0.05) is 31.9 Å². The van der Waals surface area contributed by atoms with Gasteiger partial charge in [0.2, 0.25) is 0 Å². The van der Waals surface area contributed by atoms with Crippen molar-refractivity contribution in [1.29, 1.82) is 0 Å². The molecule has 0 aliphatic carbocycles. The van der Waals surface area contributed by atoms with Crippen molar-refractivity contribution in [2.24, 2.45) is 0 Å². The first kappa shape index (κ1) is 27.3. The standard InChI is InChI=1S/C24H28F3N4O5S2/c1-22(33,24(25,26)27)17-4-6-18(7-5-17)30-9-8-29(38(34,35)21-3-2-10-37-21)12-20(30)13-31-19-11-28-23(31,15-32)16-36-14-19/h2-7,10,19-20,32-33H,8-9,12-16H2,1H3/q+1. The van der Waals surface area contributed by atoms with Crippen LogP contribution in [0.3, 0.4) is 0 Å². The number of rotatable bonds is 7. The molecule has 4 atom stereocenters. The lowest BCUT2D eigenvalue weighted by atomic mass is 9.95. The molecule has 3 aliphatic rings. The van der Waals surface area contributed by atoms with Gasteiger partial charge in [-0.2, -0.15) is 22.4 Å². The molecular formula is C24H28F3N4O5S2+. The Morgan fingerprint density at radius 2 is 1.97 bits per heavy atom. The molecule has 4 unspecified atom stereocenters. The van der Waals surface area contributed by atoms with Crippen LogP contribution in [0.4, 0.5) is 18.9 Å². The Morgan fingerprint density at radius 1 is 1.24 bits per heavy atom. The summed E-state index contributed by atoms with van der Waals surface area (Å²) in [5, 5.41) is 21.9. The molecular weight excluding hydrogens is 545 g/mol. The van der Waals surface area contributed by atoms with Crippen molar-refractivity contribution in [2.45, 2.75) is 40.7 Å². The molecule has 206 valence electrons. The van der Waals surface area contributed by atoms with Crippen LogP contribution in [0, 0.1) is 6.07 Å². The fourth-order valence-electron chi connectivity index (χ4n) is 5.11. The van der Waals surface area contributed by atoms with Crippen LogP contribution in [0.1, 0.15) is 12.5 Å². The number of benzene rings is 1. The molecule has 0 radical (unpaired) electrons. The average molecular weight is 574 g/mol. The summed E-state index contributed by atoms with van der Waals surface area (Å²) in [6.07, 6.45) is -4.84. The Kier molecular flexibility index (Phi) is 7.00. The Bertz CT molecular complexity index is 1330. The Labute approximate surface area is 222 Å². The van der Waals surface area contributed by atoms with Crippen molar-refractivity contribution in [3.05, 3.63) is 52.2 Å². The number of fused-ring (bicyclic) bond motifs is 2. The number of ether oxygens (including phenoxy) is 1. The highest BCUT2D eigenvalue weighted by molar-refractivity contribution is 7.91. The van der Waals surface area contributed by atoms with Gasteiger partial charge < -0.3 is 19.8 Å². The van der Waals surface area contributed by atoms with Gasteiger partial charge in [-0.15, -0.1) is 11.3 Å². The quantitative estimate of drug-likeness (QED) is 0.524. The maximum atomic E-state index is 13.3. The summed E-state index contributed by atoms with van der Waals surface area (Å²) in [6, 6.07) is 11.0. The summed E-state index contributed by atoms with van der Waals surface area (Å²) in [4.78, 5) is 8.29. The largest absolute Gasteiger partial charge is 0.421 e. The van der Waals surface area contributed by atoms with Crippen LogP contribution in [0.25, 0.3) is 4.85 Å². The first-order chi connectivity index (χ1) is 17.9. The number of anilines is 1. The molecule has 2 N–H and O–H groups in total. The van der Waals surface area contributed by atoms with Crippen molar-refractivity contribution in [2.75, 3.05) is 50.9 Å². The average Bonchev–Trinajstić information content (AvgIpc) is 3.49. The van der Waals surface area contributed by atoms with Crippen molar-refractivity contribution in [1.82, 2.24) is 9.21 Å². The van der Waals surface area contributed by atoms with Crippen molar-refractivity contribution >= 4 is 27.0 Å². The minimum absolute atomic E-state index is 0.119. The predicted molar refractivity (Wildman–Crippen MR) is 135 cm³/mol. The van der Waals surface area contributed by atoms with Crippen LogP contribution >= 0.6 is 11.3 Å². The molecule has 9 nitrogen and oxygen atoms in total. The van der Waals surface area contributed by atoms with E-state index < -0.39 is 33.5 Å². The van der Waals surface area contributed by atoms with Gasteiger partial charge in [-0.05, 0) is 36.1 Å². The molecule has 2 aromatic rings. The van der Waals surface area contributed by atoms with E-state index in [1.165, 1.54) is 28.6 Å². The number of piperazine rings is 1. The molecule has 0 amide bonds. The number of aliphatic hydroxyl groups is 2. The number of sulfonamides is 1. The minimum Gasteiger partial charge on any atom is -0.386 e. The van der Waals surface area contributed by atoms with Gasteiger partial charge in [-0.1, -0.05) is 23.0 Å². The van der Waals surface area contributed by atoms with E-state index >= 15 is 0 Å². The molecule has 2 fully saturated rings. The third-order valence-electron chi connectivity index (χ3n) is 7.45. The number of hydrogen-bond donors (Lipinski definition) is 2. The number of hydrogen-bond acceptors (Lipinski definition) is 8. The summed E-state index contributed by atoms with van der Waals surface area (Å²) >= 11 is 1.13. The fourth-order valence-corrected chi connectivity index (χ4v) is 7.72. The van der Waals surface area contributed by atoms with Gasteiger partial charge in [-0.3, -0.25) is 0 Å². The lowest BCUT2D eigenvalue weighted by molar-refractivity contribution is -0.258. The zero-order chi connectivity index (χ0) is 27.3. The van der Waals surface area contributed by atoms with Gasteiger partial charge >= 0.3 is 11.8 Å². The highest BCUT2D eigenvalue weighted by atomic mass is 32.2. The predicted octanol–water partition coefficient (Wildman–Crippen LogP) is 2.13. The molecule has 5 rings (SSSR count). The third-order valence-corrected chi connectivity index (χ3v) is 10.7. The van der Waals surface area contributed by atoms with E-state index in [9.17, 15) is 31.8 Å². The van der Waals surface area contributed by atoms with Crippen LogP contribution < -0.4 is 4.90 Å². The molecule has 2 bridgehead atoms. The highest BCUT2D eigenvalue weighted by Gasteiger charge is 2.59. The number of alkyl halides is 3. The first-order valence-electron chi connectivity index (χ1n) is 12.0. The van der Waals surface area contributed by atoms with Crippen LogP contribution in [-0.4, -0.2) is 97.8 Å². The Hall–Kier alpha value is -2.25. The summed E-state index contributed by atoms with van der Waals surface area (Å²) in [7, 11) is -3.74. The topological polar surface area (TPSA) is 97.9 Å². The molecule has 0 saturated carbocycles. The van der Waals surface area contributed by atoms with Crippen molar-refractivity contribution in [3.8, 4) is 6.07 Å². The summed E-state index contributed by atoms with van der Waals surface area (Å²) in [6.45, 7) is 1.79. The zero-order valence-corrected chi connectivity index (χ0v) is 22.1. The van der Waals surface area contributed by atoms with E-state index in [2.05, 4.69) is 10.9 Å². The fraction of sp³-hybridized carbons (Fsp3) is 0.542. The van der Waals surface area contributed by atoms with E-state index in [-0.39, 0.29) is 48.7 Å². The third kappa shape index (κ3) is 4.60. The van der Waals surface area contributed by atoms with Crippen LogP contribution in [0.2, 0.25) is 0 Å². The number of morpholine rings is 1. The van der Waals surface area contributed by atoms with Gasteiger partial charge in [-0.25, -0.2) is 8.42 Å². The van der Waals surface area contributed by atoms with E-state index in [1.807, 2.05) is 9.80 Å². The summed E-state index contributed by atoms with van der Waals surface area (Å²) in [5.41, 5.74) is -3.73. The smallest absolute Gasteiger partial charge is 0.386 e. The normalized spacial score (nSPS) is 28.1. The molecule has 14 heteroatoms. The van der Waals surface area contributed by atoms with Crippen molar-refractivity contribution < 1.29 is 36.5 Å². The molecule has 2 saturated heterocycles. The second-order valence-electron chi connectivity index (χ2n) is 9.82. The molecule has 38 heavy (non-hydrogen) atoms. The molecule has 1 aromatic carbocycles. The lowest BCUT2D eigenvalue weighted by Gasteiger charge is -2.45. The van der Waals surface area contributed by atoms with Crippen LogP contribution in [0.5, 0.6) is 0 Å². The number of nitrogens with zero attached hydrogens (tertiary/aromatic N) is 4. The first-order valence-corrected chi connectivity index (χ1v) is 14.3. The number of thiophene rings is 1. The molecule has 0 spiro atoms. The van der Waals surface area contributed by atoms with Gasteiger partial charge in [0.1, 0.15) is 17.4 Å². The minimum atomic E-state index is -4.84. The zero-order valence-electron chi connectivity index (χ0n) is 20.5. The monoisotopic (exact) mass is 573 g/mol. The Morgan fingerprint density at radius 3 is 2.61 bits per heavy atom. The molecule has 3 aliphatic heterocycles. The van der Waals surface area contributed by atoms with Crippen LogP contribution in [-0.2, 0) is 20.4 Å². The number of halogens is 3. The summed E-state index contributed by atoms with van der Waals surface area (Å²) in [5.74, 6) is 0. The second-order valence-corrected chi connectivity index (χ2v) is 12.9. The number of aliphatic hydroxyl groups excluding tert-OH is 1.